The fraction of sp³-hybridized carbons (Fsp3) is 0.188. The fourth-order valence-electron chi connectivity index (χ4n) is 2.35. The van der Waals surface area contributed by atoms with Gasteiger partial charge in [-0.25, -0.2) is 4.39 Å². The highest BCUT2D eigenvalue weighted by molar-refractivity contribution is 5.94. The largest absolute Gasteiger partial charge is 0.508 e. The number of hydrogen-bond donors (Lipinski definition) is 1. The van der Waals surface area contributed by atoms with E-state index in [1.807, 2.05) is 24.3 Å². The number of phenolic OH excluding ortho intramolecular Hbond substituents is 1. The lowest BCUT2D eigenvalue weighted by atomic mass is 10.1. The molecule has 0 radical (unpaired) electrons. The van der Waals surface area contributed by atoms with Crippen molar-refractivity contribution in [3.05, 3.63) is 59.4 Å². The lowest BCUT2D eigenvalue weighted by Crippen LogP contribution is -2.33. The Morgan fingerprint density at radius 1 is 1.24 bits per heavy atom. The van der Waals surface area contributed by atoms with Crippen LogP contribution in [-0.2, 0) is 6.54 Å². The number of hydrogen-bond acceptors (Lipinski definition) is 3. The van der Waals surface area contributed by atoms with E-state index in [2.05, 4.69) is 0 Å². The predicted molar refractivity (Wildman–Crippen MR) is 74.7 cm³/mol. The molecule has 1 amide bonds. The first-order valence-corrected chi connectivity index (χ1v) is 6.63. The van der Waals surface area contributed by atoms with Gasteiger partial charge in [0.1, 0.15) is 23.9 Å². The molecule has 21 heavy (non-hydrogen) atoms. The third-order valence-corrected chi connectivity index (χ3v) is 3.42. The van der Waals surface area contributed by atoms with Gasteiger partial charge in [-0.15, -0.1) is 0 Å². The topological polar surface area (TPSA) is 49.8 Å². The summed E-state index contributed by atoms with van der Waals surface area (Å²) in [5.74, 6) is -0.584. The maximum atomic E-state index is 13.8. The SMILES string of the molecule is O=C(c1ccc(O)cc1F)N1CCOc2ccccc2C1. The molecule has 1 heterocycles. The van der Waals surface area contributed by atoms with E-state index in [0.29, 0.717) is 19.7 Å². The summed E-state index contributed by atoms with van der Waals surface area (Å²) in [6.07, 6.45) is 0. The number of aromatic hydroxyl groups is 1. The average molecular weight is 287 g/mol. The van der Waals surface area contributed by atoms with Gasteiger partial charge in [0.2, 0.25) is 0 Å². The van der Waals surface area contributed by atoms with Gasteiger partial charge < -0.3 is 14.7 Å². The fourth-order valence-corrected chi connectivity index (χ4v) is 2.35. The molecule has 1 N–H and O–H groups in total. The van der Waals surface area contributed by atoms with E-state index >= 15 is 0 Å². The highest BCUT2D eigenvalue weighted by Gasteiger charge is 2.23. The highest BCUT2D eigenvalue weighted by atomic mass is 19.1. The Bertz CT molecular complexity index is 687. The number of fused-ring (bicyclic) bond motifs is 1. The van der Waals surface area contributed by atoms with Gasteiger partial charge in [0.25, 0.3) is 5.91 Å². The van der Waals surface area contributed by atoms with Gasteiger partial charge in [-0.05, 0) is 18.2 Å². The van der Waals surface area contributed by atoms with Crippen LogP contribution in [0.5, 0.6) is 11.5 Å². The molecule has 0 saturated carbocycles. The van der Waals surface area contributed by atoms with Gasteiger partial charge in [0.15, 0.2) is 0 Å². The number of rotatable bonds is 1. The summed E-state index contributed by atoms with van der Waals surface area (Å²) in [4.78, 5) is 14.0. The van der Waals surface area contributed by atoms with E-state index in [1.165, 1.54) is 12.1 Å². The Morgan fingerprint density at radius 3 is 2.86 bits per heavy atom. The summed E-state index contributed by atoms with van der Waals surface area (Å²) >= 11 is 0. The van der Waals surface area contributed by atoms with Crippen LogP contribution >= 0.6 is 0 Å². The van der Waals surface area contributed by atoms with E-state index in [1.54, 1.807) is 4.90 Å². The van der Waals surface area contributed by atoms with Crippen LogP contribution in [0.15, 0.2) is 42.5 Å². The second kappa shape index (κ2) is 5.44. The smallest absolute Gasteiger partial charge is 0.257 e. The Hall–Kier alpha value is -2.56. The van der Waals surface area contributed by atoms with Crippen molar-refractivity contribution in [3.63, 3.8) is 0 Å². The summed E-state index contributed by atoms with van der Waals surface area (Å²) in [5, 5.41) is 9.22. The summed E-state index contributed by atoms with van der Waals surface area (Å²) in [6, 6.07) is 11.0. The Morgan fingerprint density at radius 2 is 2.05 bits per heavy atom. The molecule has 5 heteroatoms. The third-order valence-electron chi connectivity index (χ3n) is 3.42. The van der Waals surface area contributed by atoms with Crippen LogP contribution in [-0.4, -0.2) is 29.1 Å². The predicted octanol–water partition coefficient (Wildman–Crippen LogP) is 2.57. The van der Waals surface area contributed by atoms with Crippen molar-refractivity contribution in [2.24, 2.45) is 0 Å². The van der Waals surface area contributed by atoms with E-state index in [9.17, 15) is 14.3 Å². The first-order valence-electron chi connectivity index (χ1n) is 6.63. The van der Waals surface area contributed by atoms with Gasteiger partial charge in [0.05, 0.1) is 12.1 Å². The van der Waals surface area contributed by atoms with Crippen LogP contribution in [0.1, 0.15) is 15.9 Å². The van der Waals surface area contributed by atoms with Crippen LogP contribution in [0.3, 0.4) is 0 Å². The van der Waals surface area contributed by atoms with Crippen molar-refractivity contribution < 1.29 is 19.0 Å². The molecule has 0 unspecified atom stereocenters. The number of nitrogens with zero attached hydrogens (tertiary/aromatic N) is 1. The summed E-state index contributed by atoms with van der Waals surface area (Å²) in [7, 11) is 0. The van der Waals surface area contributed by atoms with E-state index in [-0.39, 0.29) is 11.3 Å². The van der Waals surface area contributed by atoms with Gasteiger partial charge >= 0.3 is 0 Å². The summed E-state index contributed by atoms with van der Waals surface area (Å²) in [6.45, 7) is 1.12. The van der Waals surface area contributed by atoms with Crippen molar-refractivity contribution in [2.45, 2.75) is 6.54 Å². The molecule has 108 valence electrons. The van der Waals surface area contributed by atoms with E-state index in [4.69, 9.17) is 4.74 Å². The zero-order valence-corrected chi connectivity index (χ0v) is 11.3. The highest BCUT2D eigenvalue weighted by Crippen LogP contribution is 2.24. The van der Waals surface area contributed by atoms with Crippen LogP contribution in [0, 0.1) is 5.82 Å². The molecular weight excluding hydrogens is 273 g/mol. The number of halogens is 1. The van der Waals surface area contributed by atoms with Crippen molar-refractivity contribution >= 4 is 5.91 Å². The first-order chi connectivity index (χ1) is 10.1. The lowest BCUT2D eigenvalue weighted by Gasteiger charge is -2.20. The molecule has 0 saturated heterocycles. The molecule has 2 aromatic carbocycles. The van der Waals surface area contributed by atoms with Crippen molar-refractivity contribution in [2.75, 3.05) is 13.2 Å². The number of carbonyl (C=O) groups is 1. The zero-order chi connectivity index (χ0) is 14.8. The van der Waals surface area contributed by atoms with Crippen molar-refractivity contribution in [1.29, 1.82) is 0 Å². The number of ether oxygens (including phenoxy) is 1. The number of phenols is 1. The maximum Gasteiger partial charge on any atom is 0.257 e. The zero-order valence-electron chi connectivity index (χ0n) is 11.3. The van der Waals surface area contributed by atoms with Crippen molar-refractivity contribution in [1.82, 2.24) is 4.90 Å². The molecule has 3 rings (SSSR count). The minimum absolute atomic E-state index is 0.0489. The number of para-hydroxylation sites is 1. The van der Waals surface area contributed by atoms with E-state index in [0.717, 1.165) is 17.4 Å². The Labute approximate surface area is 121 Å². The molecule has 0 spiro atoms. The molecule has 0 fully saturated rings. The molecule has 0 aliphatic carbocycles. The number of amides is 1. The molecular formula is C16H14FNO3. The second-order valence-corrected chi connectivity index (χ2v) is 4.85. The Balaban J connectivity index is 1.88. The average Bonchev–Trinajstić information content (AvgIpc) is 2.68. The van der Waals surface area contributed by atoms with Gasteiger partial charge in [-0.2, -0.15) is 0 Å². The standard InChI is InChI=1S/C16H14FNO3/c17-14-9-12(19)5-6-13(14)16(20)18-7-8-21-15-4-2-1-3-11(15)10-18/h1-6,9,19H,7-8,10H2. The third kappa shape index (κ3) is 2.67. The maximum absolute atomic E-state index is 13.8. The molecule has 0 aromatic heterocycles. The second-order valence-electron chi connectivity index (χ2n) is 4.85. The normalized spacial score (nSPS) is 14.0. The molecule has 4 nitrogen and oxygen atoms in total. The molecule has 0 bridgehead atoms. The van der Waals surface area contributed by atoms with Gasteiger partial charge in [0, 0.05) is 18.2 Å². The molecule has 0 atom stereocenters. The number of benzene rings is 2. The van der Waals surface area contributed by atoms with E-state index < -0.39 is 11.7 Å². The van der Waals surface area contributed by atoms with Crippen LogP contribution in [0.25, 0.3) is 0 Å². The van der Waals surface area contributed by atoms with Crippen LogP contribution < -0.4 is 4.74 Å². The molecule has 1 aliphatic rings. The van der Waals surface area contributed by atoms with Gasteiger partial charge in [-0.3, -0.25) is 4.79 Å². The summed E-state index contributed by atoms with van der Waals surface area (Å²) in [5.41, 5.74) is 0.842. The number of carbonyl (C=O) groups excluding carboxylic acids is 1. The molecule has 2 aromatic rings. The minimum Gasteiger partial charge on any atom is -0.508 e. The molecule has 1 aliphatic heterocycles. The quantitative estimate of drug-likeness (QED) is 0.877. The van der Waals surface area contributed by atoms with Crippen molar-refractivity contribution in [3.8, 4) is 11.5 Å². The van der Waals surface area contributed by atoms with Gasteiger partial charge in [-0.1, -0.05) is 18.2 Å². The minimum atomic E-state index is -0.724. The lowest BCUT2D eigenvalue weighted by molar-refractivity contribution is 0.0728. The monoisotopic (exact) mass is 287 g/mol. The first kappa shape index (κ1) is 13.4. The summed E-state index contributed by atoms with van der Waals surface area (Å²) < 4.78 is 19.4. The van der Waals surface area contributed by atoms with Crippen LogP contribution in [0.4, 0.5) is 4.39 Å². The Kier molecular flexibility index (Phi) is 3.48. The van der Waals surface area contributed by atoms with Crippen LogP contribution in [0.2, 0.25) is 0 Å².